The second-order valence-corrected chi connectivity index (χ2v) is 4.84. The molecule has 0 bridgehead atoms. The summed E-state index contributed by atoms with van der Waals surface area (Å²) >= 11 is 0. The molecule has 108 valence electrons. The van der Waals surface area contributed by atoms with Crippen molar-refractivity contribution in [2.45, 2.75) is 6.61 Å². The molecule has 2 aromatic carbocycles. The Balaban J connectivity index is 2.02. The Hall–Kier alpha value is -2.40. The van der Waals surface area contributed by atoms with E-state index >= 15 is 0 Å². The average Bonchev–Trinajstić information content (AvgIpc) is 2.88. The van der Waals surface area contributed by atoms with Crippen LogP contribution < -0.4 is 4.74 Å². The average molecular weight is 283 g/mol. The molecule has 0 spiro atoms. The number of rotatable bonds is 4. The molecule has 0 aliphatic carbocycles. The van der Waals surface area contributed by atoms with Gasteiger partial charge in [-0.1, -0.05) is 18.2 Å². The van der Waals surface area contributed by atoms with Crippen molar-refractivity contribution in [1.29, 1.82) is 0 Å². The topological polar surface area (TPSA) is 49.2 Å². The van der Waals surface area contributed by atoms with E-state index in [1.807, 2.05) is 31.3 Å². The number of aromatic nitrogens is 3. The molecule has 0 unspecified atom stereocenters. The van der Waals surface area contributed by atoms with Crippen molar-refractivity contribution in [3.63, 3.8) is 0 Å². The van der Waals surface area contributed by atoms with Crippen LogP contribution in [0.15, 0.2) is 36.4 Å². The fourth-order valence-electron chi connectivity index (χ4n) is 2.28. The van der Waals surface area contributed by atoms with Gasteiger partial charge in [0.05, 0.1) is 7.11 Å². The lowest BCUT2D eigenvalue weighted by atomic mass is 10.1. The molecule has 0 saturated heterocycles. The lowest BCUT2D eigenvalue weighted by Crippen LogP contribution is -2.00. The van der Waals surface area contributed by atoms with Crippen molar-refractivity contribution < 1.29 is 9.47 Å². The molecule has 1 heterocycles. The second-order valence-electron chi connectivity index (χ2n) is 4.84. The number of ether oxygens (including phenoxy) is 2. The third kappa shape index (κ3) is 2.60. The predicted molar refractivity (Wildman–Crippen MR) is 81.2 cm³/mol. The Morgan fingerprint density at radius 3 is 2.57 bits per heavy atom. The summed E-state index contributed by atoms with van der Waals surface area (Å²) in [4.78, 5) is 4.51. The molecule has 21 heavy (non-hydrogen) atoms. The summed E-state index contributed by atoms with van der Waals surface area (Å²) in [6, 6.07) is 12.2. The van der Waals surface area contributed by atoms with Crippen LogP contribution in [0.5, 0.6) is 5.75 Å². The molecule has 0 fully saturated rings. The van der Waals surface area contributed by atoms with Gasteiger partial charge in [-0.25, -0.2) is 4.98 Å². The van der Waals surface area contributed by atoms with Crippen molar-refractivity contribution in [3.8, 4) is 17.1 Å². The highest BCUT2D eigenvalue weighted by atomic mass is 16.5. The van der Waals surface area contributed by atoms with E-state index in [2.05, 4.69) is 22.2 Å². The van der Waals surface area contributed by atoms with Gasteiger partial charge in [0.2, 0.25) is 0 Å². The Morgan fingerprint density at radius 1 is 1.05 bits per heavy atom. The van der Waals surface area contributed by atoms with E-state index in [1.165, 1.54) is 0 Å². The summed E-state index contributed by atoms with van der Waals surface area (Å²) in [5, 5.41) is 6.70. The van der Waals surface area contributed by atoms with E-state index in [1.54, 1.807) is 18.9 Å². The zero-order valence-electron chi connectivity index (χ0n) is 12.3. The molecule has 0 saturated carbocycles. The second kappa shape index (κ2) is 5.54. The molecule has 0 amide bonds. The van der Waals surface area contributed by atoms with E-state index in [0.29, 0.717) is 12.4 Å². The Morgan fingerprint density at radius 2 is 1.81 bits per heavy atom. The smallest absolute Gasteiger partial charge is 0.181 e. The number of benzene rings is 2. The summed E-state index contributed by atoms with van der Waals surface area (Å²) in [6.07, 6.45) is 0. The van der Waals surface area contributed by atoms with Crippen LogP contribution in [0, 0.1) is 0 Å². The highest BCUT2D eigenvalue weighted by molar-refractivity contribution is 5.87. The van der Waals surface area contributed by atoms with Crippen molar-refractivity contribution in [1.82, 2.24) is 14.8 Å². The molecule has 5 heteroatoms. The standard InChI is InChI=1S/C16H17N3O2/c1-19-15(10-20-2)17-16(18-19)13-5-4-12-9-14(21-3)7-6-11(12)8-13/h4-9H,10H2,1-3H3. The number of aryl methyl sites for hydroxylation is 1. The summed E-state index contributed by atoms with van der Waals surface area (Å²) in [7, 11) is 5.19. The minimum absolute atomic E-state index is 0.453. The third-order valence-electron chi connectivity index (χ3n) is 3.43. The zero-order chi connectivity index (χ0) is 14.8. The van der Waals surface area contributed by atoms with E-state index in [-0.39, 0.29) is 0 Å². The van der Waals surface area contributed by atoms with Gasteiger partial charge in [0.15, 0.2) is 11.6 Å². The summed E-state index contributed by atoms with van der Waals surface area (Å²) in [6.45, 7) is 0.453. The van der Waals surface area contributed by atoms with Gasteiger partial charge in [0.1, 0.15) is 12.4 Å². The first-order valence-electron chi connectivity index (χ1n) is 6.68. The van der Waals surface area contributed by atoms with Crippen molar-refractivity contribution in [3.05, 3.63) is 42.2 Å². The number of methoxy groups -OCH3 is 2. The van der Waals surface area contributed by atoms with E-state index in [0.717, 1.165) is 27.9 Å². The molecular formula is C16H17N3O2. The molecule has 0 N–H and O–H groups in total. The van der Waals surface area contributed by atoms with Gasteiger partial charge in [-0.15, -0.1) is 0 Å². The van der Waals surface area contributed by atoms with Crippen LogP contribution in [0.25, 0.3) is 22.2 Å². The molecular weight excluding hydrogens is 266 g/mol. The van der Waals surface area contributed by atoms with Crippen molar-refractivity contribution in [2.75, 3.05) is 14.2 Å². The van der Waals surface area contributed by atoms with Gasteiger partial charge in [0.25, 0.3) is 0 Å². The van der Waals surface area contributed by atoms with Crippen LogP contribution in [-0.4, -0.2) is 29.0 Å². The molecule has 3 aromatic rings. The minimum atomic E-state index is 0.453. The molecule has 0 radical (unpaired) electrons. The third-order valence-corrected chi connectivity index (χ3v) is 3.43. The molecule has 0 atom stereocenters. The predicted octanol–water partition coefficient (Wildman–Crippen LogP) is 2.79. The Labute approximate surface area is 123 Å². The summed E-state index contributed by atoms with van der Waals surface area (Å²) in [5.41, 5.74) is 0.991. The first-order valence-corrected chi connectivity index (χ1v) is 6.68. The molecule has 5 nitrogen and oxygen atoms in total. The maximum atomic E-state index is 5.24. The molecule has 1 aromatic heterocycles. The largest absolute Gasteiger partial charge is 0.497 e. The maximum absolute atomic E-state index is 5.24. The van der Waals surface area contributed by atoms with E-state index < -0.39 is 0 Å². The van der Waals surface area contributed by atoms with Gasteiger partial charge in [0, 0.05) is 19.7 Å². The normalized spacial score (nSPS) is 11.0. The Bertz CT molecular complexity index is 780. The zero-order valence-corrected chi connectivity index (χ0v) is 12.3. The van der Waals surface area contributed by atoms with Gasteiger partial charge < -0.3 is 9.47 Å². The molecule has 0 aliphatic rings. The molecule has 0 aliphatic heterocycles. The van der Waals surface area contributed by atoms with Crippen molar-refractivity contribution >= 4 is 10.8 Å². The fraction of sp³-hybridized carbons (Fsp3) is 0.250. The van der Waals surface area contributed by atoms with Gasteiger partial charge in [-0.05, 0) is 29.0 Å². The van der Waals surface area contributed by atoms with E-state index in [4.69, 9.17) is 9.47 Å². The van der Waals surface area contributed by atoms with Gasteiger partial charge >= 0.3 is 0 Å². The highest BCUT2D eigenvalue weighted by Crippen LogP contribution is 2.25. The van der Waals surface area contributed by atoms with Gasteiger partial charge in [-0.3, -0.25) is 4.68 Å². The van der Waals surface area contributed by atoms with Crippen LogP contribution >= 0.6 is 0 Å². The fourth-order valence-corrected chi connectivity index (χ4v) is 2.28. The number of hydrogen-bond acceptors (Lipinski definition) is 4. The van der Waals surface area contributed by atoms with Crippen LogP contribution in [0.3, 0.4) is 0 Å². The summed E-state index contributed by atoms with van der Waals surface area (Å²) < 4.78 is 12.1. The highest BCUT2D eigenvalue weighted by Gasteiger charge is 2.09. The van der Waals surface area contributed by atoms with E-state index in [9.17, 15) is 0 Å². The Kier molecular flexibility index (Phi) is 3.58. The SMILES string of the molecule is COCc1nc(-c2ccc3cc(OC)ccc3c2)nn1C. The maximum Gasteiger partial charge on any atom is 0.181 e. The van der Waals surface area contributed by atoms with Crippen LogP contribution in [0.1, 0.15) is 5.82 Å². The minimum Gasteiger partial charge on any atom is -0.497 e. The van der Waals surface area contributed by atoms with Crippen LogP contribution in [0.2, 0.25) is 0 Å². The first kappa shape index (κ1) is 13.6. The number of fused-ring (bicyclic) bond motifs is 1. The lowest BCUT2D eigenvalue weighted by molar-refractivity contribution is 0.174. The first-order chi connectivity index (χ1) is 10.2. The quantitative estimate of drug-likeness (QED) is 0.738. The van der Waals surface area contributed by atoms with Crippen molar-refractivity contribution in [2.24, 2.45) is 7.05 Å². The molecule has 3 rings (SSSR count). The van der Waals surface area contributed by atoms with Crippen LogP contribution in [-0.2, 0) is 18.4 Å². The number of hydrogen-bond donors (Lipinski definition) is 0. The number of nitrogens with zero attached hydrogens (tertiary/aromatic N) is 3. The van der Waals surface area contributed by atoms with Gasteiger partial charge in [-0.2, -0.15) is 5.10 Å². The summed E-state index contributed by atoms with van der Waals surface area (Å²) in [5.74, 6) is 2.37. The monoisotopic (exact) mass is 283 g/mol. The lowest BCUT2D eigenvalue weighted by Gasteiger charge is -2.03. The van der Waals surface area contributed by atoms with Crippen LogP contribution in [0.4, 0.5) is 0 Å².